The lowest BCUT2D eigenvalue weighted by molar-refractivity contribution is -0.143. The molecule has 0 amide bonds. The van der Waals surface area contributed by atoms with E-state index in [-0.39, 0.29) is 37.3 Å². The quantitative estimate of drug-likeness (QED) is 0.325. The molecule has 0 atom stereocenters. The van der Waals surface area contributed by atoms with Crippen molar-refractivity contribution in [3.8, 4) is 11.5 Å². The van der Waals surface area contributed by atoms with Crippen molar-refractivity contribution in [1.29, 1.82) is 0 Å². The van der Waals surface area contributed by atoms with Crippen LogP contribution in [0.3, 0.4) is 0 Å². The Morgan fingerprint density at radius 2 is 1.78 bits per heavy atom. The largest absolute Gasteiger partial charge is 0.486 e. The number of esters is 1. The number of ether oxygens (including phenoxy) is 3. The minimum atomic E-state index is -0.518. The third-order valence-electron chi connectivity index (χ3n) is 5.10. The van der Waals surface area contributed by atoms with Gasteiger partial charge in [0.25, 0.3) is 5.56 Å². The molecule has 166 valence electrons. The van der Waals surface area contributed by atoms with Gasteiger partial charge in [-0.25, -0.2) is 4.79 Å². The first-order chi connectivity index (χ1) is 15.5. The van der Waals surface area contributed by atoms with Crippen LogP contribution in [0, 0.1) is 0 Å². The number of Topliss-reactive ketones (excluding diaryl/α,β-unsaturated/α-hetero) is 1. The zero-order valence-electron chi connectivity index (χ0n) is 17.3. The molecular formula is C23H22N2O7. The highest BCUT2D eigenvalue weighted by Crippen LogP contribution is 2.31. The number of hydrogen-bond donors (Lipinski definition) is 1. The van der Waals surface area contributed by atoms with E-state index in [1.165, 1.54) is 0 Å². The predicted molar refractivity (Wildman–Crippen MR) is 115 cm³/mol. The van der Waals surface area contributed by atoms with E-state index >= 15 is 0 Å². The molecule has 0 saturated heterocycles. The van der Waals surface area contributed by atoms with Gasteiger partial charge in [0.15, 0.2) is 17.3 Å². The molecule has 1 aliphatic rings. The highest BCUT2D eigenvalue weighted by atomic mass is 16.6. The lowest BCUT2D eigenvalue weighted by atomic mass is 10.1. The Labute approximate surface area is 182 Å². The fraction of sp³-hybridized carbons (Fsp3) is 0.304. The van der Waals surface area contributed by atoms with Gasteiger partial charge in [-0.2, -0.15) is 0 Å². The number of carbonyl (C=O) groups is 2. The molecule has 0 fully saturated rings. The molecule has 9 nitrogen and oxygen atoms in total. The normalized spacial score (nSPS) is 12.5. The summed E-state index contributed by atoms with van der Waals surface area (Å²) in [4.78, 5) is 51.6. The van der Waals surface area contributed by atoms with Gasteiger partial charge in [0.1, 0.15) is 13.2 Å². The van der Waals surface area contributed by atoms with Crippen LogP contribution in [0.5, 0.6) is 11.5 Å². The summed E-state index contributed by atoms with van der Waals surface area (Å²) in [7, 11) is 0. The summed E-state index contributed by atoms with van der Waals surface area (Å²) in [6, 6.07) is 11.7. The molecule has 0 unspecified atom stereocenters. The maximum absolute atomic E-state index is 12.5. The average molecular weight is 438 g/mol. The number of ketones is 1. The Morgan fingerprint density at radius 3 is 2.62 bits per heavy atom. The SMILES string of the molecule is O=C(CCC(=O)c1ccc2c(c1)OCCO2)OCCCn1c(=O)[nH]c2ccccc2c1=O. The van der Waals surface area contributed by atoms with Crippen molar-refractivity contribution < 1.29 is 23.8 Å². The Hall–Kier alpha value is -3.88. The van der Waals surface area contributed by atoms with Gasteiger partial charge in [0.05, 0.1) is 23.9 Å². The van der Waals surface area contributed by atoms with Gasteiger partial charge >= 0.3 is 11.7 Å². The van der Waals surface area contributed by atoms with Gasteiger partial charge < -0.3 is 19.2 Å². The number of carbonyl (C=O) groups excluding carboxylic acids is 2. The number of hydrogen-bond acceptors (Lipinski definition) is 7. The molecule has 0 spiro atoms. The van der Waals surface area contributed by atoms with Crippen molar-refractivity contribution in [2.45, 2.75) is 25.8 Å². The second kappa shape index (κ2) is 9.51. The molecule has 0 bridgehead atoms. The molecule has 4 rings (SSSR count). The van der Waals surface area contributed by atoms with Gasteiger partial charge in [-0.1, -0.05) is 12.1 Å². The fourth-order valence-corrected chi connectivity index (χ4v) is 3.46. The van der Waals surface area contributed by atoms with E-state index in [4.69, 9.17) is 14.2 Å². The Bertz CT molecular complexity index is 1280. The van der Waals surface area contributed by atoms with Gasteiger partial charge in [-0.05, 0) is 36.8 Å². The monoisotopic (exact) mass is 438 g/mol. The van der Waals surface area contributed by atoms with Crippen LogP contribution in [-0.4, -0.2) is 41.1 Å². The summed E-state index contributed by atoms with van der Waals surface area (Å²) in [6.45, 7) is 1.04. The lowest BCUT2D eigenvalue weighted by Crippen LogP contribution is -2.35. The number of para-hydroxylation sites is 1. The van der Waals surface area contributed by atoms with Crippen LogP contribution in [0.2, 0.25) is 0 Å². The summed E-state index contributed by atoms with van der Waals surface area (Å²) < 4.78 is 17.1. The van der Waals surface area contributed by atoms with E-state index in [2.05, 4.69) is 4.98 Å². The zero-order valence-corrected chi connectivity index (χ0v) is 17.3. The van der Waals surface area contributed by atoms with Gasteiger partial charge in [-0.3, -0.25) is 19.0 Å². The molecule has 1 aromatic heterocycles. The zero-order chi connectivity index (χ0) is 22.5. The summed E-state index contributed by atoms with van der Waals surface area (Å²) in [6.07, 6.45) is 0.231. The third-order valence-corrected chi connectivity index (χ3v) is 5.10. The number of fused-ring (bicyclic) bond motifs is 2. The number of nitrogens with one attached hydrogen (secondary N) is 1. The maximum atomic E-state index is 12.5. The van der Waals surface area contributed by atoms with E-state index in [1.54, 1.807) is 42.5 Å². The predicted octanol–water partition coefficient (Wildman–Crippen LogP) is 2.06. The molecule has 1 N–H and O–H groups in total. The molecule has 2 heterocycles. The summed E-state index contributed by atoms with van der Waals surface area (Å²) in [5.41, 5.74) is 0.0237. The molecule has 3 aromatic rings. The third kappa shape index (κ3) is 4.72. The minimum absolute atomic E-state index is 0.00226. The van der Waals surface area contributed by atoms with E-state index in [9.17, 15) is 19.2 Å². The van der Waals surface area contributed by atoms with Crippen molar-refractivity contribution in [2.24, 2.45) is 0 Å². The maximum Gasteiger partial charge on any atom is 0.328 e. The highest BCUT2D eigenvalue weighted by Gasteiger charge is 2.16. The van der Waals surface area contributed by atoms with Crippen LogP contribution >= 0.6 is 0 Å². The first-order valence-electron chi connectivity index (χ1n) is 10.3. The van der Waals surface area contributed by atoms with Crippen molar-refractivity contribution in [1.82, 2.24) is 9.55 Å². The first kappa shape index (κ1) is 21.4. The smallest absolute Gasteiger partial charge is 0.328 e. The second-order valence-corrected chi connectivity index (χ2v) is 7.29. The molecule has 2 aromatic carbocycles. The average Bonchev–Trinajstić information content (AvgIpc) is 2.81. The van der Waals surface area contributed by atoms with Crippen LogP contribution in [0.4, 0.5) is 0 Å². The molecule has 0 aliphatic carbocycles. The van der Waals surface area contributed by atoms with Crippen molar-refractivity contribution in [2.75, 3.05) is 19.8 Å². The van der Waals surface area contributed by atoms with Crippen molar-refractivity contribution in [3.05, 3.63) is 68.9 Å². The molecule has 0 radical (unpaired) electrons. The fourth-order valence-electron chi connectivity index (χ4n) is 3.46. The van der Waals surface area contributed by atoms with Gasteiger partial charge in [-0.15, -0.1) is 0 Å². The van der Waals surface area contributed by atoms with Crippen LogP contribution in [0.25, 0.3) is 10.9 Å². The van der Waals surface area contributed by atoms with Gasteiger partial charge in [0.2, 0.25) is 0 Å². The standard InChI is InChI=1S/C23H22N2O7/c26-18(15-6-8-19-20(14-15)31-13-12-30-19)7-9-21(27)32-11-3-10-25-22(28)16-4-1-2-5-17(16)24-23(25)29/h1-2,4-6,8,14H,3,7,9-13H2,(H,24,29). The minimum Gasteiger partial charge on any atom is -0.486 e. The van der Waals surface area contributed by atoms with Crippen LogP contribution in [0.15, 0.2) is 52.1 Å². The number of aromatic nitrogens is 2. The number of rotatable bonds is 8. The van der Waals surface area contributed by atoms with Gasteiger partial charge in [0, 0.05) is 18.5 Å². The topological polar surface area (TPSA) is 117 Å². The van der Waals surface area contributed by atoms with Crippen LogP contribution < -0.4 is 20.7 Å². The van der Waals surface area contributed by atoms with Crippen LogP contribution in [0.1, 0.15) is 29.6 Å². The highest BCUT2D eigenvalue weighted by molar-refractivity contribution is 5.98. The van der Waals surface area contributed by atoms with E-state index in [1.807, 2.05) is 0 Å². The van der Waals surface area contributed by atoms with Crippen molar-refractivity contribution in [3.63, 3.8) is 0 Å². The van der Waals surface area contributed by atoms with Crippen LogP contribution in [-0.2, 0) is 16.1 Å². The number of benzene rings is 2. The first-order valence-corrected chi connectivity index (χ1v) is 10.3. The summed E-state index contributed by atoms with van der Waals surface area (Å²) >= 11 is 0. The lowest BCUT2D eigenvalue weighted by Gasteiger charge is -2.18. The second-order valence-electron chi connectivity index (χ2n) is 7.29. The molecule has 9 heteroatoms. The molecule has 1 aliphatic heterocycles. The van der Waals surface area contributed by atoms with E-state index in [0.717, 1.165) is 4.57 Å². The number of aromatic amines is 1. The molecule has 32 heavy (non-hydrogen) atoms. The summed E-state index contributed by atoms with van der Waals surface area (Å²) in [5.74, 6) is 0.393. The molecule has 0 saturated carbocycles. The number of nitrogens with zero attached hydrogens (tertiary/aromatic N) is 1. The Kier molecular flexibility index (Phi) is 6.34. The summed E-state index contributed by atoms with van der Waals surface area (Å²) in [5, 5.41) is 0.418. The van der Waals surface area contributed by atoms with E-state index in [0.29, 0.717) is 47.6 Å². The van der Waals surface area contributed by atoms with E-state index < -0.39 is 11.7 Å². The number of H-pyrrole nitrogens is 1. The molecular weight excluding hydrogens is 416 g/mol. The Balaban J connectivity index is 1.25. The Morgan fingerprint density at radius 1 is 1.00 bits per heavy atom. The van der Waals surface area contributed by atoms with Crippen molar-refractivity contribution >= 4 is 22.7 Å².